The Morgan fingerprint density at radius 2 is 1.91 bits per heavy atom. The van der Waals surface area contributed by atoms with Crippen molar-refractivity contribution in [3.63, 3.8) is 0 Å². The van der Waals surface area contributed by atoms with E-state index in [4.69, 9.17) is 4.74 Å². The van der Waals surface area contributed by atoms with Gasteiger partial charge in [0.25, 0.3) is 5.91 Å². The summed E-state index contributed by atoms with van der Waals surface area (Å²) in [6.45, 7) is 2.81. The summed E-state index contributed by atoms with van der Waals surface area (Å²) in [4.78, 5) is 19.1. The molecule has 6 aliphatic rings. The molecule has 32 heavy (non-hydrogen) atoms. The summed E-state index contributed by atoms with van der Waals surface area (Å²) in [6.07, 6.45) is 6.63. The molecule has 2 aromatic rings. The third kappa shape index (κ3) is 1.96. The number of para-hydroxylation sites is 1. The van der Waals surface area contributed by atoms with Crippen LogP contribution in [0.4, 0.5) is 5.69 Å². The van der Waals surface area contributed by atoms with Gasteiger partial charge in [0.1, 0.15) is 0 Å². The van der Waals surface area contributed by atoms with Crippen molar-refractivity contribution < 1.29 is 9.53 Å². The van der Waals surface area contributed by atoms with Crippen LogP contribution >= 0.6 is 0 Å². The molecule has 2 aromatic carbocycles. The SMILES string of the molecule is O=C1C(=Cc2ccccc2)C2OCC=C3CN4CCC56c7ccccc7N1C5C2C3CC46. The van der Waals surface area contributed by atoms with Gasteiger partial charge in [-0.25, -0.2) is 0 Å². The number of piperidine rings is 2. The number of rotatable bonds is 1. The first-order valence-electron chi connectivity index (χ1n) is 12.0. The first kappa shape index (κ1) is 17.8. The minimum atomic E-state index is -0.137. The van der Waals surface area contributed by atoms with E-state index in [1.807, 2.05) is 18.2 Å². The number of amides is 1. The molecule has 4 fully saturated rings. The Morgan fingerprint density at radius 3 is 2.81 bits per heavy atom. The van der Waals surface area contributed by atoms with Crippen molar-refractivity contribution in [3.05, 3.63) is 82.9 Å². The zero-order valence-corrected chi connectivity index (χ0v) is 18.0. The standard InChI is InChI=1S/C28H26N2O2/c31-27-20(14-17-6-2-1-3-7-17)25-24-19-15-23-28(11-12-29(23)16-18(19)10-13-32-25)21-8-4-5-9-22(21)30(27)26(24)28/h1-10,14,19,23-26H,11-13,15-16H2. The highest BCUT2D eigenvalue weighted by molar-refractivity contribution is 6.12. The molecule has 160 valence electrons. The largest absolute Gasteiger partial charge is 0.369 e. The minimum absolute atomic E-state index is 0.0448. The van der Waals surface area contributed by atoms with Crippen molar-refractivity contribution >= 4 is 17.7 Å². The van der Waals surface area contributed by atoms with E-state index in [1.165, 1.54) is 12.0 Å². The smallest absolute Gasteiger partial charge is 0.257 e. The monoisotopic (exact) mass is 422 g/mol. The van der Waals surface area contributed by atoms with E-state index < -0.39 is 0 Å². The molecule has 0 aromatic heterocycles. The average molecular weight is 423 g/mol. The van der Waals surface area contributed by atoms with Crippen molar-refractivity contribution in [2.45, 2.75) is 36.4 Å². The molecule has 5 heterocycles. The molecule has 6 unspecified atom stereocenters. The maximum atomic E-state index is 14.2. The molecule has 8 rings (SSSR count). The fraction of sp³-hybridized carbons (Fsp3) is 0.393. The Morgan fingerprint density at radius 1 is 1.06 bits per heavy atom. The van der Waals surface area contributed by atoms with Crippen LogP contribution in [0, 0.1) is 11.8 Å². The number of ether oxygens (including phenoxy) is 1. The molecule has 1 spiro atoms. The highest BCUT2D eigenvalue weighted by Gasteiger charge is 2.71. The van der Waals surface area contributed by atoms with Crippen LogP contribution in [0.15, 0.2) is 71.8 Å². The number of fused-ring (bicyclic) bond motifs is 2. The predicted molar refractivity (Wildman–Crippen MR) is 123 cm³/mol. The quantitative estimate of drug-likeness (QED) is 0.518. The average Bonchev–Trinajstić information content (AvgIpc) is 3.29. The van der Waals surface area contributed by atoms with Crippen LogP contribution in [0.25, 0.3) is 6.08 Å². The van der Waals surface area contributed by atoms with E-state index in [0.717, 1.165) is 36.3 Å². The molecule has 6 atom stereocenters. The van der Waals surface area contributed by atoms with Crippen LogP contribution in [0.3, 0.4) is 0 Å². The lowest BCUT2D eigenvalue weighted by molar-refractivity contribution is -0.123. The fourth-order valence-electron chi connectivity index (χ4n) is 8.31. The van der Waals surface area contributed by atoms with E-state index in [0.29, 0.717) is 24.5 Å². The Bertz CT molecular complexity index is 1220. The summed E-state index contributed by atoms with van der Waals surface area (Å²) < 4.78 is 6.57. The Kier molecular flexibility index (Phi) is 3.34. The molecule has 1 aliphatic carbocycles. The maximum Gasteiger partial charge on any atom is 0.257 e. The molecule has 4 nitrogen and oxygen atoms in total. The van der Waals surface area contributed by atoms with Gasteiger partial charge in [0, 0.05) is 35.2 Å². The Hall–Kier alpha value is -2.69. The first-order valence-corrected chi connectivity index (χ1v) is 12.0. The molecule has 4 heteroatoms. The lowest BCUT2D eigenvalue weighted by atomic mass is 9.53. The van der Waals surface area contributed by atoms with Crippen molar-refractivity contribution in [1.29, 1.82) is 0 Å². The summed E-state index contributed by atoms with van der Waals surface area (Å²) in [6, 6.07) is 19.7. The van der Waals surface area contributed by atoms with E-state index >= 15 is 0 Å². The number of hydrogen-bond acceptors (Lipinski definition) is 3. The number of carbonyl (C=O) groups is 1. The molecular weight excluding hydrogens is 396 g/mol. The van der Waals surface area contributed by atoms with Gasteiger partial charge in [0.05, 0.1) is 18.8 Å². The minimum Gasteiger partial charge on any atom is -0.369 e. The molecule has 3 saturated heterocycles. The van der Waals surface area contributed by atoms with Gasteiger partial charge in [-0.05, 0) is 48.6 Å². The fourth-order valence-corrected chi connectivity index (χ4v) is 8.31. The summed E-state index contributed by atoms with van der Waals surface area (Å²) in [7, 11) is 0. The summed E-state index contributed by atoms with van der Waals surface area (Å²) >= 11 is 0. The van der Waals surface area contributed by atoms with Crippen molar-refractivity contribution in [3.8, 4) is 0 Å². The number of hydrogen-bond donors (Lipinski definition) is 0. The van der Waals surface area contributed by atoms with Crippen molar-refractivity contribution in [2.24, 2.45) is 11.8 Å². The molecule has 2 bridgehead atoms. The molecule has 1 amide bonds. The molecule has 5 aliphatic heterocycles. The Labute approximate surface area is 188 Å². The molecule has 0 N–H and O–H groups in total. The van der Waals surface area contributed by atoms with Crippen LogP contribution in [0.5, 0.6) is 0 Å². The van der Waals surface area contributed by atoms with Crippen molar-refractivity contribution in [2.75, 3.05) is 24.6 Å². The zero-order valence-electron chi connectivity index (χ0n) is 18.0. The van der Waals surface area contributed by atoms with Gasteiger partial charge in [-0.2, -0.15) is 0 Å². The van der Waals surface area contributed by atoms with Crippen LogP contribution in [0.2, 0.25) is 0 Å². The van der Waals surface area contributed by atoms with Gasteiger partial charge in [-0.1, -0.05) is 60.2 Å². The summed E-state index contributed by atoms with van der Waals surface area (Å²) in [5.74, 6) is 0.968. The van der Waals surface area contributed by atoms with Gasteiger partial charge in [-0.15, -0.1) is 0 Å². The van der Waals surface area contributed by atoms with E-state index in [1.54, 1.807) is 5.57 Å². The lowest BCUT2D eigenvalue weighted by Crippen LogP contribution is -2.69. The second-order valence-electron chi connectivity index (χ2n) is 10.4. The Balaban J connectivity index is 1.40. The molecule has 1 saturated carbocycles. The molecular formula is C28H26N2O2. The third-order valence-electron chi connectivity index (χ3n) is 9.35. The maximum absolute atomic E-state index is 14.2. The predicted octanol–water partition coefficient (Wildman–Crippen LogP) is 3.79. The van der Waals surface area contributed by atoms with Gasteiger partial charge in [0.15, 0.2) is 0 Å². The number of anilines is 1. The zero-order chi connectivity index (χ0) is 21.0. The van der Waals surface area contributed by atoms with Gasteiger partial charge in [0.2, 0.25) is 0 Å². The van der Waals surface area contributed by atoms with Gasteiger partial charge in [-0.3, -0.25) is 9.69 Å². The van der Waals surface area contributed by atoms with Crippen LogP contribution < -0.4 is 4.90 Å². The van der Waals surface area contributed by atoms with E-state index in [-0.39, 0.29) is 23.5 Å². The highest BCUT2D eigenvalue weighted by atomic mass is 16.5. The van der Waals surface area contributed by atoms with E-state index in [2.05, 4.69) is 58.4 Å². The van der Waals surface area contributed by atoms with E-state index in [9.17, 15) is 4.79 Å². The topological polar surface area (TPSA) is 32.8 Å². The first-order chi connectivity index (χ1) is 15.8. The van der Waals surface area contributed by atoms with Gasteiger partial charge < -0.3 is 9.64 Å². The summed E-state index contributed by atoms with van der Waals surface area (Å²) in [5.41, 5.74) is 6.04. The van der Waals surface area contributed by atoms with Crippen LogP contribution in [-0.2, 0) is 14.9 Å². The number of nitrogens with zero attached hydrogens (tertiary/aromatic N) is 2. The normalized spacial score (nSPS) is 39.7. The second-order valence-corrected chi connectivity index (χ2v) is 10.4. The summed E-state index contributed by atoms with van der Waals surface area (Å²) in [5, 5.41) is 0. The van der Waals surface area contributed by atoms with Crippen molar-refractivity contribution in [1.82, 2.24) is 4.90 Å². The number of benzene rings is 2. The third-order valence-corrected chi connectivity index (χ3v) is 9.35. The van der Waals surface area contributed by atoms with Gasteiger partial charge >= 0.3 is 0 Å². The lowest BCUT2D eigenvalue weighted by Gasteiger charge is -2.59. The second kappa shape index (κ2) is 6.00. The van der Waals surface area contributed by atoms with Crippen LogP contribution in [-0.4, -0.2) is 48.7 Å². The highest BCUT2D eigenvalue weighted by Crippen LogP contribution is 2.66. The molecule has 0 radical (unpaired) electrons. The van der Waals surface area contributed by atoms with Crippen LogP contribution in [0.1, 0.15) is 24.0 Å². The number of carbonyl (C=O) groups excluding carboxylic acids is 1.